The first-order valence-electron chi connectivity index (χ1n) is 10.2. The summed E-state index contributed by atoms with van der Waals surface area (Å²) in [6.45, 7) is 18.3. The molecule has 141 valence electrons. The zero-order valence-corrected chi connectivity index (χ0v) is 19.2. The number of hydrogen-bond acceptors (Lipinski definition) is 1. The van der Waals surface area contributed by atoms with Gasteiger partial charge in [-0.3, -0.25) is 0 Å². The van der Waals surface area contributed by atoms with Crippen molar-refractivity contribution in [2.75, 3.05) is 0 Å². The van der Waals surface area contributed by atoms with Crippen LogP contribution in [0.2, 0.25) is 5.28 Å². The van der Waals surface area contributed by atoms with E-state index in [4.69, 9.17) is 3.79 Å². The fourth-order valence-electron chi connectivity index (χ4n) is 3.16. The molecule has 1 rings (SSSR count). The van der Waals surface area contributed by atoms with E-state index in [1.165, 1.54) is 66.2 Å². The lowest BCUT2D eigenvalue weighted by molar-refractivity contribution is 0.490. The molecular weight excluding hydrogens is 319 g/mol. The van der Waals surface area contributed by atoms with Gasteiger partial charge in [-0.2, -0.15) is 0 Å². The summed E-state index contributed by atoms with van der Waals surface area (Å²) in [4.78, 5) is 0. The second-order valence-electron chi connectivity index (χ2n) is 9.53. The van der Waals surface area contributed by atoms with Gasteiger partial charge in [0.1, 0.15) is 0 Å². The average molecular weight is 360 g/mol. The van der Waals surface area contributed by atoms with Gasteiger partial charge in [0.2, 0.25) is 0 Å². The molecule has 0 fully saturated rings. The van der Waals surface area contributed by atoms with E-state index in [0.717, 1.165) is 0 Å². The Morgan fingerprint density at radius 1 is 0.800 bits per heavy atom. The quantitative estimate of drug-likeness (QED) is 0.330. The number of benzene rings is 1. The van der Waals surface area contributed by atoms with Crippen LogP contribution >= 0.6 is 0 Å². The molecule has 0 unspecified atom stereocenters. The van der Waals surface area contributed by atoms with Gasteiger partial charge in [0.25, 0.3) is 0 Å². The van der Waals surface area contributed by atoms with Crippen LogP contribution in [0.25, 0.3) is 0 Å². The molecule has 0 N–H and O–H groups in total. The second-order valence-corrected chi connectivity index (χ2v) is 10.7. The standard InChI is InChI=1S/C15H24O.C8H17.Al/c1-10-8-11(14(2,3)4)13(16)12(9-10)15(5,6)7;1-3-5-7-8-6-4-2;/h8-9,16H,1-7H3;1,3-8H2,2H3;/q;;+1/p-1. The van der Waals surface area contributed by atoms with Gasteiger partial charge in [-0.15, -0.1) is 0 Å². The highest BCUT2D eigenvalue weighted by atomic mass is 27.1. The smallest absolute Gasteiger partial charge is 0.523 e. The monoisotopic (exact) mass is 359 g/mol. The molecule has 0 saturated carbocycles. The van der Waals surface area contributed by atoms with Crippen molar-refractivity contribution in [1.29, 1.82) is 0 Å². The van der Waals surface area contributed by atoms with Crippen LogP contribution in [-0.2, 0) is 10.8 Å². The normalized spacial score (nSPS) is 12.3. The van der Waals surface area contributed by atoms with E-state index >= 15 is 0 Å². The summed E-state index contributed by atoms with van der Waals surface area (Å²) in [6, 6.07) is 4.66. The van der Waals surface area contributed by atoms with E-state index < -0.39 is 0 Å². The first kappa shape index (κ1) is 22.6. The number of hydrogen-bond donors (Lipinski definition) is 0. The second kappa shape index (κ2) is 10.0. The maximum Gasteiger partial charge on any atom is 0.523 e. The first-order valence-corrected chi connectivity index (χ1v) is 11.5. The van der Waals surface area contributed by atoms with E-state index in [0.29, 0.717) is 0 Å². The zero-order chi connectivity index (χ0) is 19.1. The van der Waals surface area contributed by atoms with Gasteiger partial charge in [-0.25, -0.2) is 0 Å². The predicted molar refractivity (Wildman–Crippen MR) is 113 cm³/mol. The summed E-state index contributed by atoms with van der Waals surface area (Å²) in [6.07, 6.45) is 8.18. The average Bonchev–Trinajstić information content (AvgIpc) is 2.48. The molecule has 1 aromatic carbocycles. The minimum Gasteiger partial charge on any atom is -0.647 e. The van der Waals surface area contributed by atoms with Crippen LogP contribution in [0.3, 0.4) is 0 Å². The summed E-state index contributed by atoms with van der Waals surface area (Å²) in [7, 11) is 0. The summed E-state index contributed by atoms with van der Waals surface area (Å²) in [5, 5.41) is 1.24. The molecule has 1 aromatic rings. The van der Waals surface area contributed by atoms with Crippen LogP contribution in [0.15, 0.2) is 12.1 Å². The minimum absolute atomic E-state index is 0.0361. The minimum atomic E-state index is 0.0361. The fraction of sp³-hybridized carbons (Fsp3) is 0.739. The van der Waals surface area contributed by atoms with E-state index in [-0.39, 0.29) is 26.4 Å². The molecule has 0 aliphatic carbocycles. The van der Waals surface area contributed by atoms with Gasteiger partial charge in [0.15, 0.2) is 0 Å². The molecule has 0 bridgehead atoms. The number of unbranched alkanes of at least 4 members (excludes halogenated alkanes) is 5. The summed E-state index contributed by atoms with van der Waals surface area (Å²) < 4.78 is 6.49. The Balaban J connectivity index is 2.79. The van der Waals surface area contributed by atoms with Crippen LogP contribution < -0.4 is 3.79 Å². The van der Waals surface area contributed by atoms with Crippen molar-refractivity contribution in [2.45, 2.75) is 110 Å². The zero-order valence-electron chi connectivity index (χ0n) is 18.1. The lowest BCUT2D eigenvalue weighted by Gasteiger charge is -2.31. The Morgan fingerprint density at radius 3 is 1.76 bits per heavy atom. The van der Waals surface area contributed by atoms with Gasteiger partial charge in [-0.1, -0.05) is 110 Å². The van der Waals surface area contributed by atoms with Gasteiger partial charge < -0.3 is 3.79 Å². The van der Waals surface area contributed by atoms with Crippen molar-refractivity contribution in [2.24, 2.45) is 0 Å². The molecule has 0 amide bonds. The van der Waals surface area contributed by atoms with Crippen LogP contribution in [0.1, 0.15) is 104 Å². The molecule has 1 radical (unpaired) electrons. The van der Waals surface area contributed by atoms with Crippen molar-refractivity contribution in [1.82, 2.24) is 0 Å². The molecule has 2 heteroatoms. The van der Waals surface area contributed by atoms with Crippen molar-refractivity contribution < 1.29 is 3.79 Å². The van der Waals surface area contributed by atoms with Gasteiger partial charge >= 0.3 is 15.6 Å². The molecule has 0 aliphatic heterocycles. The van der Waals surface area contributed by atoms with Crippen LogP contribution in [-0.4, -0.2) is 15.6 Å². The molecular formula is C23H40AlO. The van der Waals surface area contributed by atoms with Crippen molar-refractivity contribution >= 4 is 15.6 Å². The third-order valence-corrected chi connectivity index (χ3v) is 5.77. The molecule has 0 saturated heterocycles. The first-order chi connectivity index (χ1) is 11.6. The maximum atomic E-state index is 6.49. The molecule has 1 nitrogen and oxygen atoms in total. The van der Waals surface area contributed by atoms with Crippen LogP contribution in [0.5, 0.6) is 5.75 Å². The Hall–Kier alpha value is -0.448. The highest BCUT2D eigenvalue weighted by Crippen LogP contribution is 2.40. The maximum absolute atomic E-state index is 6.49. The van der Waals surface area contributed by atoms with Crippen molar-refractivity contribution in [3.05, 3.63) is 28.8 Å². The van der Waals surface area contributed by atoms with Crippen LogP contribution in [0.4, 0.5) is 0 Å². The molecule has 0 aromatic heterocycles. The Morgan fingerprint density at radius 2 is 1.28 bits per heavy atom. The highest BCUT2D eigenvalue weighted by Gasteiger charge is 2.26. The summed E-state index contributed by atoms with van der Waals surface area (Å²) in [5.74, 6) is 1.17. The summed E-state index contributed by atoms with van der Waals surface area (Å²) in [5.41, 5.74) is 4.30. The molecule has 0 atom stereocenters. The van der Waals surface area contributed by atoms with Crippen LogP contribution in [0, 0.1) is 6.92 Å². The number of rotatable bonds is 9. The van der Waals surface area contributed by atoms with E-state index in [1.807, 2.05) is 0 Å². The summed E-state index contributed by atoms with van der Waals surface area (Å²) >= 11 is 0.0361. The number of aryl methyl sites for hydroxylation is 1. The molecule has 0 aliphatic rings. The van der Waals surface area contributed by atoms with E-state index in [1.54, 1.807) is 0 Å². The Labute approximate surface area is 164 Å². The third-order valence-electron chi connectivity index (χ3n) is 4.73. The van der Waals surface area contributed by atoms with Gasteiger partial charge in [-0.05, 0) is 28.9 Å². The lowest BCUT2D eigenvalue weighted by atomic mass is 9.78. The van der Waals surface area contributed by atoms with Crippen molar-refractivity contribution in [3.8, 4) is 5.75 Å². The predicted octanol–water partition coefficient (Wildman–Crippen LogP) is 7.37. The molecule has 0 heterocycles. The molecule has 0 spiro atoms. The lowest BCUT2D eigenvalue weighted by Crippen LogP contribution is -2.21. The fourth-order valence-corrected chi connectivity index (χ4v) is 4.16. The van der Waals surface area contributed by atoms with Gasteiger partial charge in [0.05, 0.1) is 5.75 Å². The highest BCUT2D eigenvalue weighted by molar-refractivity contribution is 6.28. The molecule has 25 heavy (non-hydrogen) atoms. The van der Waals surface area contributed by atoms with Crippen molar-refractivity contribution in [3.63, 3.8) is 0 Å². The topological polar surface area (TPSA) is 9.23 Å². The largest absolute Gasteiger partial charge is 0.647 e. The van der Waals surface area contributed by atoms with Gasteiger partial charge in [0, 0.05) is 0 Å². The van der Waals surface area contributed by atoms with E-state index in [9.17, 15) is 0 Å². The Kier molecular flexibility index (Phi) is 9.07. The third kappa shape index (κ3) is 7.76. The van der Waals surface area contributed by atoms with E-state index in [2.05, 4.69) is 67.5 Å². The Bertz CT molecular complexity index is 485. The SMILES string of the molecule is CCCCCCC[CH2][Al][O]c1c(C(C)(C)C)cc(C)cc1C(C)(C)C.